The van der Waals surface area contributed by atoms with E-state index in [1.807, 2.05) is 43.3 Å². The summed E-state index contributed by atoms with van der Waals surface area (Å²) in [5.74, 6) is -1.22. The molecule has 0 fully saturated rings. The van der Waals surface area contributed by atoms with Crippen molar-refractivity contribution in [2.45, 2.75) is 6.92 Å². The fraction of sp³-hybridized carbons (Fsp3) is 0.200. The van der Waals surface area contributed by atoms with Crippen LogP contribution in [-0.2, 0) is 0 Å². The van der Waals surface area contributed by atoms with E-state index < -0.39 is 5.97 Å². The van der Waals surface area contributed by atoms with E-state index in [2.05, 4.69) is 0 Å². The van der Waals surface area contributed by atoms with Crippen LogP contribution in [0.15, 0.2) is 36.5 Å². The minimum Gasteiger partial charge on any atom is -0.477 e. The first-order chi connectivity index (χ1) is 9.40. The Kier molecular flexibility index (Phi) is 3.61. The van der Waals surface area contributed by atoms with Crippen LogP contribution in [0.1, 0.15) is 27.8 Å². The lowest BCUT2D eigenvalue weighted by molar-refractivity contribution is 0.0688. The van der Waals surface area contributed by atoms with Crippen molar-refractivity contribution < 1.29 is 14.7 Å². The van der Waals surface area contributed by atoms with Gasteiger partial charge in [-0.25, -0.2) is 4.79 Å². The van der Waals surface area contributed by atoms with Gasteiger partial charge in [0.25, 0.3) is 0 Å². The lowest BCUT2D eigenvalue weighted by Crippen LogP contribution is -2.10. The number of hydrogen-bond acceptors (Lipinski definition) is 3. The van der Waals surface area contributed by atoms with Crippen molar-refractivity contribution in [3.63, 3.8) is 0 Å². The van der Waals surface area contributed by atoms with E-state index in [9.17, 15) is 14.7 Å². The summed E-state index contributed by atoms with van der Waals surface area (Å²) in [7, 11) is 3.82. The highest BCUT2D eigenvalue weighted by molar-refractivity contribution is 5.97. The second-order valence-electron chi connectivity index (χ2n) is 4.76. The molecule has 0 amide bonds. The number of nitrogens with zero attached hydrogens (tertiary/aromatic N) is 2. The minimum absolute atomic E-state index is 0.0751. The standard InChI is InChI=1S/C15H16N2O3/c1-10(18)11-7-14(15(19)20)17(9-11)13-6-4-5-12(8-13)16(2)3/h4-9H,1-3H3,(H,19,20). The molecular formula is C15H16N2O3. The molecule has 0 spiro atoms. The third kappa shape index (κ3) is 2.56. The highest BCUT2D eigenvalue weighted by atomic mass is 16.4. The number of rotatable bonds is 4. The number of Topliss-reactive ketones (excluding diaryl/α,β-unsaturated/α-hetero) is 1. The molecule has 0 radical (unpaired) electrons. The molecule has 20 heavy (non-hydrogen) atoms. The third-order valence-electron chi connectivity index (χ3n) is 3.07. The number of aromatic nitrogens is 1. The third-order valence-corrected chi connectivity index (χ3v) is 3.07. The number of ketones is 1. The summed E-state index contributed by atoms with van der Waals surface area (Å²) in [6.45, 7) is 1.42. The van der Waals surface area contributed by atoms with Crippen LogP contribution in [0.2, 0.25) is 0 Å². The Morgan fingerprint density at radius 3 is 2.45 bits per heavy atom. The molecule has 0 bridgehead atoms. The van der Waals surface area contributed by atoms with E-state index in [0.717, 1.165) is 5.69 Å². The number of aromatic carboxylic acids is 1. The van der Waals surface area contributed by atoms with Crippen molar-refractivity contribution in [2.24, 2.45) is 0 Å². The summed E-state index contributed by atoms with van der Waals surface area (Å²) in [5, 5.41) is 9.26. The summed E-state index contributed by atoms with van der Waals surface area (Å²) in [4.78, 5) is 24.7. The van der Waals surface area contributed by atoms with Crippen molar-refractivity contribution in [2.75, 3.05) is 19.0 Å². The quantitative estimate of drug-likeness (QED) is 0.868. The molecule has 0 saturated carbocycles. The molecule has 104 valence electrons. The maximum absolute atomic E-state index is 11.4. The summed E-state index contributed by atoms with van der Waals surface area (Å²) in [6, 6.07) is 8.86. The van der Waals surface area contributed by atoms with Gasteiger partial charge in [0.1, 0.15) is 5.69 Å². The second kappa shape index (κ2) is 5.21. The van der Waals surface area contributed by atoms with Crippen LogP contribution in [0, 0.1) is 0 Å². The van der Waals surface area contributed by atoms with Crippen molar-refractivity contribution in [3.8, 4) is 5.69 Å². The van der Waals surface area contributed by atoms with Crippen LogP contribution >= 0.6 is 0 Å². The molecular weight excluding hydrogens is 256 g/mol. The molecule has 0 atom stereocenters. The largest absolute Gasteiger partial charge is 0.477 e. The van der Waals surface area contributed by atoms with Crippen molar-refractivity contribution in [1.29, 1.82) is 0 Å². The smallest absolute Gasteiger partial charge is 0.352 e. The second-order valence-corrected chi connectivity index (χ2v) is 4.76. The lowest BCUT2D eigenvalue weighted by Gasteiger charge is -2.14. The zero-order valence-corrected chi connectivity index (χ0v) is 11.6. The van der Waals surface area contributed by atoms with Gasteiger partial charge in [-0.2, -0.15) is 0 Å². The van der Waals surface area contributed by atoms with Crippen LogP contribution in [0.5, 0.6) is 0 Å². The molecule has 0 saturated heterocycles. The van der Waals surface area contributed by atoms with Crippen LogP contribution in [0.25, 0.3) is 5.69 Å². The topological polar surface area (TPSA) is 62.5 Å². The summed E-state index contributed by atoms with van der Waals surface area (Å²) >= 11 is 0. The lowest BCUT2D eigenvalue weighted by atomic mass is 10.2. The zero-order valence-electron chi connectivity index (χ0n) is 11.6. The highest BCUT2D eigenvalue weighted by Crippen LogP contribution is 2.21. The first kappa shape index (κ1) is 13.9. The molecule has 1 N–H and O–H groups in total. The van der Waals surface area contributed by atoms with E-state index in [4.69, 9.17) is 0 Å². The summed E-state index contributed by atoms with van der Waals surface area (Å²) < 4.78 is 1.52. The van der Waals surface area contributed by atoms with Gasteiger partial charge >= 0.3 is 5.97 Å². The van der Waals surface area contributed by atoms with Gasteiger partial charge in [0.05, 0.1) is 0 Å². The molecule has 1 aromatic heterocycles. The van der Waals surface area contributed by atoms with Crippen LogP contribution in [0.3, 0.4) is 0 Å². The molecule has 5 nitrogen and oxygen atoms in total. The average molecular weight is 272 g/mol. The Morgan fingerprint density at radius 1 is 1.20 bits per heavy atom. The number of carboxylic acids is 1. The number of carbonyl (C=O) groups excluding carboxylic acids is 1. The normalized spacial score (nSPS) is 10.3. The van der Waals surface area contributed by atoms with Gasteiger partial charge in [0.2, 0.25) is 0 Å². The monoisotopic (exact) mass is 272 g/mol. The van der Waals surface area contributed by atoms with Crippen molar-refractivity contribution >= 4 is 17.4 Å². The maximum Gasteiger partial charge on any atom is 0.352 e. The maximum atomic E-state index is 11.4. The summed E-state index contributed by atoms with van der Waals surface area (Å²) in [5.41, 5.74) is 2.13. The first-order valence-corrected chi connectivity index (χ1v) is 6.14. The molecule has 2 aromatic rings. The highest BCUT2D eigenvalue weighted by Gasteiger charge is 2.16. The van der Waals surface area contributed by atoms with Gasteiger partial charge in [-0.05, 0) is 31.2 Å². The zero-order chi connectivity index (χ0) is 14.9. The van der Waals surface area contributed by atoms with E-state index in [0.29, 0.717) is 11.3 Å². The first-order valence-electron chi connectivity index (χ1n) is 6.14. The molecule has 0 aliphatic heterocycles. The van der Waals surface area contributed by atoms with Gasteiger partial charge in [0.15, 0.2) is 5.78 Å². The minimum atomic E-state index is -1.06. The predicted octanol–water partition coefficient (Wildman–Crippen LogP) is 2.44. The average Bonchev–Trinajstić information content (AvgIpc) is 2.84. The van der Waals surface area contributed by atoms with Gasteiger partial charge in [-0.1, -0.05) is 6.07 Å². The van der Waals surface area contributed by atoms with E-state index >= 15 is 0 Å². The number of anilines is 1. The SMILES string of the molecule is CC(=O)c1cc(C(=O)O)n(-c2cccc(N(C)C)c2)c1. The van der Waals surface area contributed by atoms with E-state index in [-0.39, 0.29) is 11.5 Å². The van der Waals surface area contributed by atoms with Gasteiger partial charge in [0, 0.05) is 37.2 Å². The van der Waals surface area contributed by atoms with Crippen LogP contribution in [0.4, 0.5) is 5.69 Å². The van der Waals surface area contributed by atoms with Crippen LogP contribution < -0.4 is 4.90 Å². The van der Waals surface area contributed by atoms with Gasteiger partial charge in [-0.15, -0.1) is 0 Å². The molecule has 0 unspecified atom stereocenters. The fourth-order valence-corrected chi connectivity index (χ4v) is 1.95. The number of benzene rings is 1. The fourth-order valence-electron chi connectivity index (χ4n) is 1.95. The van der Waals surface area contributed by atoms with Crippen molar-refractivity contribution in [3.05, 3.63) is 47.8 Å². The predicted molar refractivity (Wildman–Crippen MR) is 77.1 cm³/mol. The number of hydrogen-bond donors (Lipinski definition) is 1. The Hall–Kier alpha value is -2.56. The van der Waals surface area contributed by atoms with Crippen LogP contribution in [-0.4, -0.2) is 35.5 Å². The van der Waals surface area contributed by atoms with Gasteiger partial charge < -0.3 is 14.6 Å². The Bertz CT molecular complexity index is 672. The molecule has 0 aliphatic carbocycles. The molecule has 2 rings (SSSR count). The van der Waals surface area contributed by atoms with E-state index in [1.54, 1.807) is 6.20 Å². The molecule has 1 aromatic carbocycles. The molecule has 5 heteroatoms. The summed E-state index contributed by atoms with van der Waals surface area (Å²) in [6.07, 6.45) is 1.56. The van der Waals surface area contributed by atoms with Crippen molar-refractivity contribution in [1.82, 2.24) is 4.57 Å². The number of carbonyl (C=O) groups is 2. The Labute approximate surface area is 117 Å². The van der Waals surface area contributed by atoms with Gasteiger partial charge in [-0.3, -0.25) is 4.79 Å². The molecule has 0 aliphatic rings. The Balaban J connectivity index is 2.59. The Morgan fingerprint density at radius 2 is 1.90 bits per heavy atom. The van der Waals surface area contributed by atoms with E-state index in [1.165, 1.54) is 17.6 Å². The molecule has 1 heterocycles. The number of carboxylic acid groups (broad SMARTS) is 1.